The molecule has 13 heteroatoms. The lowest BCUT2D eigenvalue weighted by molar-refractivity contribution is -0.136. The van der Waals surface area contributed by atoms with E-state index in [1.54, 1.807) is 30.3 Å². The molecule has 1 N–H and O–H groups in total. The molecule has 3 aromatic carbocycles. The molecule has 8 nitrogen and oxygen atoms in total. The molecule has 2 aromatic heterocycles. The summed E-state index contributed by atoms with van der Waals surface area (Å²) in [5.41, 5.74) is 1.23. The molecule has 5 rings (SSSR count). The average Bonchev–Trinajstić information content (AvgIpc) is 3.33. The number of ether oxygens (including phenoxy) is 2. The minimum atomic E-state index is -4.69. The van der Waals surface area contributed by atoms with Gasteiger partial charge in [-0.1, -0.05) is 18.2 Å². The average molecular weight is 575 g/mol. The predicted molar refractivity (Wildman–Crippen MR) is 142 cm³/mol. The summed E-state index contributed by atoms with van der Waals surface area (Å²) >= 11 is 1.07. The lowest BCUT2D eigenvalue weighted by Crippen LogP contribution is -2.28. The van der Waals surface area contributed by atoms with E-state index in [1.807, 2.05) is 6.92 Å². The normalized spacial score (nSPS) is 12.2. The Morgan fingerprint density at radius 3 is 2.51 bits per heavy atom. The molecule has 0 aliphatic carbocycles. The van der Waals surface area contributed by atoms with E-state index in [-0.39, 0.29) is 34.0 Å². The summed E-state index contributed by atoms with van der Waals surface area (Å²) in [7, 11) is -2.30. The summed E-state index contributed by atoms with van der Waals surface area (Å²) in [4.78, 5) is 13.2. The van der Waals surface area contributed by atoms with Crippen LogP contribution in [0.3, 0.4) is 0 Å². The van der Waals surface area contributed by atoms with Crippen LogP contribution in [0.15, 0.2) is 65.7 Å². The second-order valence-electron chi connectivity index (χ2n) is 8.49. The number of rotatable bonds is 8. The SMILES string of the molecule is COc1cnc2c(-c3nc4c(C(F)(F)F)cc(OCCNS(=O)(=O)c5ccccc5)cc4s3)cc(C)cc2n1. The molecule has 0 radical (unpaired) electrons. The van der Waals surface area contributed by atoms with Crippen LogP contribution in [0.5, 0.6) is 11.6 Å². The second-order valence-corrected chi connectivity index (χ2v) is 11.3. The van der Waals surface area contributed by atoms with Gasteiger partial charge in [0, 0.05) is 12.1 Å². The summed E-state index contributed by atoms with van der Waals surface area (Å²) in [6, 6.07) is 13.7. The third-order valence-corrected chi connectivity index (χ3v) is 8.21. The Bertz CT molecular complexity index is 1780. The highest BCUT2D eigenvalue weighted by Gasteiger charge is 2.35. The van der Waals surface area contributed by atoms with Gasteiger partial charge < -0.3 is 9.47 Å². The Kier molecular flexibility index (Phi) is 7.14. The summed E-state index contributed by atoms with van der Waals surface area (Å²) in [5.74, 6) is 0.262. The van der Waals surface area contributed by atoms with Crippen molar-refractivity contribution in [3.05, 3.63) is 71.9 Å². The Balaban J connectivity index is 1.46. The van der Waals surface area contributed by atoms with E-state index < -0.39 is 21.8 Å². The molecule has 0 fully saturated rings. The molecule has 0 atom stereocenters. The van der Waals surface area contributed by atoms with Crippen LogP contribution in [0.4, 0.5) is 13.2 Å². The van der Waals surface area contributed by atoms with Crippen LogP contribution in [0.1, 0.15) is 11.1 Å². The van der Waals surface area contributed by atoms with Gasteiger partial charge in [0.15, 0.2) is 0 Å². The number of sulfonamides is 1. The quantitative estimate of drug-likeness (QED) is 0.241. The van der Waals surface area contributed by atoms with Gasteiger partial charge in [0.2, 0.25) is 15.9 Å². The molecule has 0 saturated carbocycles. The first-order chi connectivity index (χ1) is 18.5. The largest absolute Gasteiger partial charge is 0.492 e. The third-order valence-electron chi connectivity index (χ3n) is 5.70. The van der Waals surface area contributed by atoms with Crippen molar-refractivity contribution in [1.29, 1.82) is 0 Å². The number of methoxy groups -OCH3 is 1. The van der Waals surface area contributed by atoms with Crippen LogP contribution in [-0.4, -0.2) is 43.6 Å². The molecule has 0 amide bonds. The molecule has 2 heterocycles. The zero-order valence-corrected chi connectivity index (χ0v) is 22.2. The number of nitrogens with one attached hydrogen (secondary N) is 1. The van der Waals surface area contributed by atoms with Gasteiger partial charge in [-0.2, -0.15) is 13.2 Å². The number of hydrogen-bond acceptors (Lipinski definition) is 8. The van der Waals surface area contributed by atoms with Crippen LogP contribution in [-0.2, 0) is 16.2 Å². The monoisotopic (exact) mass is 574 g/mol. The standard InChI is InChI=1S/C26H21F3N4O4S2/c1-15-10-18(23-20(11-15)32-22(36-2)14-30-23)25-33-24-19(26(27,28)29)12-16(13-21(24)38-25)37-9-8-31-39(34,35)17-6-4-3-5-7-17/h3-7,10-14,31H,8-9H2,1-2H3. The van der Waals surface area contributed by atoms with Crippen LogP contribution >= 0.6 is 11.3 Å². The van der Waals surface area contributed by atoms with Gasteiger partial charge in [-0.3, -0.25) is 0 Å². The van der Waals surface area contributed by atoms with Gasteiger partial charge in [-0.25, -0.2) is 28.1 Å². The molecule has 39 heavy (non-hydrogen) atoms. The molecule has 0 bridgehead atoms. The smallest absolute Gasteiger partial charge is 0.418 e. The summed E-state index contributed by atoms with van der Waals surface area (Å²) in [6.45, 7) is 1.53. The van der Waals surface area contributed by atoms with Crippen molar-refractivity contribution >= 4 is 42.6 Å². The van der Waals surface area contributed by atoms with Crippen molar-refractivity contribution in [3.8, 4) is 22.2 Å². The van der Waals surface area contributed by atoms with Crippen LogP contribution in [0, 0.1) is 6.92 Å². The van der Waals surface area contributed by atoms with Crippen LogP contribution in [0.25, 0.3) is 31.8 Å². The van der Waals surface area contributed by atoms with E-state index >= 15 is 0 Å². The van der Waals surface area contributed by atoms with Crippen molar-refractivity contribution < 1.29 is 31.1 Å². The zero-order valence-electron chi connectivity index (χ0n) is 20.6. The van der Waals surface area contributed by atoms with Crippen molar-refractivity contribution in [2.75, 3.05) is 20.3 Å². The van der Waals surface area contributed by atoms with Gasteiger partial charge >= 0.3 is 6.18 Å². The number of aromatic nitrogens is 3. The highest BCUT2D eigenvalue weighted by Crippen LogP contribution is 2.42. The number of nitrogens with zero attached hydrogens (tertiary/aromatic N) is 3. The fraction of sp³-hybridized carbons (Fsp3) is 0.192. The van der Waals surface area contributed by atoms with E-state index in [9.17, 15) is 21.6 Å². The van der Waals surface area contributed by atoms with Gasteiger partial charge in [0.1, 0.15) is 17.4 Å². The van der Waals surface area contributed by atoms with Gasteiger partial charge in [0.05, 0.1) is 45.0 Å². The molecule has 5 aromatic rings. The number of benzene rings is 3. The van der Waals surface area contributed by atoms with Crippen molar-refractivity contribution in [2.24, 2.45) is 0 Å². The number of thiazole rings is 1. The highest BCUT2D eigenvalue weighted by atomic mass is 32.2. The first-order valence-corrected chi connectivity index (χ1v) is 13.9. The third kappa shape index (κ3) is 5.65. The number of alkyl halides is 3. The summed E-state index contributed by atoms with van der Waals surface area (Å²) < 4.78 is 80.1. The van der Waals surface area contributed by atoms with E-state index in [2.05, 4.69) is 19.7 Å². The highest BCUT2D eigenvalue weighted by molar-refractivity contribution is 7.89. The Morgan fingerprint density at radius 2 is 1.79 bits per heavy atom. The van der Waals surface area contributed by atoms with E-state index in [0.29, 0.717) is 27.5 Å². The number of halogens is 3. The van der Waals surface area contributed by atoms with E-state index in [1.165, 1.54) is 31.5 Å². The number of aryl methyl sites for hydroxylation is 1. The topological polar surface area (TPSA) is 103 Å². The lowest BCUT2D eigenvalue weighted by Gasteiger charge is -2.12. The van der Waals surface area contributed by atoms with Crippen molar-refractivity contribution in [1.82, 2.24) is 19.7 Å². The molecule has 0 aliphatic heterocycles. The van der Waals surface area contributed by atoms with Gasteiger partial charge in [0.25, 0.3) is 0 Å². The van der Waals surface area contributed by atoms with Gasteiger partial charge in [-0.05, 0) is 48.9 Å². The maximum absolute atomic E-state index is 14.0. The maximum Gasteiger partial charge on any atom is 0.418 e. The van der Waals surface area contributed by atoms with Crippen molar-refractivity contribution in [3.63, 3.8) is 0 Å². The fourth-order valence-corrected chi connectivity index (χ4v) is 6.03. The molecular weight excluding hydrogens is 553 g/mol. The van der Waals surface area contributed by atoms with E-state index in [4.69, 9.17) is 9.47 Å². The Morgan fingerprint density at radius 1 is 1.03 bits per heavy atom. The minimum Gasteiger partial charge on any atom is -0.492 e. The Hall–Kier alpha value is -3.81. The predicted octanol–water partition coefficient (Wildman–Crippen LogP) is 5.60. The fourth-order valence-electron chi connectivity index (χ4n) is 3.96. The summed E-state index contributed by atoms with van der Waals surface area (Å²) in [5, 5.41) is 0.344. The molecule has 202 valence electrons. The zero-order chi connectivity index (χ0) is 27.8. The first kappa shape index (κ1) is 26.8. The molecule has 0 aliphatic rings. The van der Waals surface area contributed by atoms with Crippen LogP contribution in [0.2, 0.25) is 0 Å². The Labute approximate surface area is 225 Å². The van der Waals surface area contributed by atoms with E-state index in [0.717, 1.165) is 23.0 Å². The molecule has 0 unspecified atom stereocenters. The lowest BCUT2D eigenvalue weighted by atomic mass is 10.1. The molecular formula is C26H21F3N4O4S2. The molecule has 0 saturated heterocycles. The minimum absolute atomic E-state index is 0.0532. The number of hydrogen-bond donors (Lipinski definition) is 1. The number of fused-ring (bicyclic) bond motifs is 2. The van der Waals surface area contributed by atoms with Crippen molar-refractivity contribution in [2.45, 2.75) is 18.0 Å². The molecule has 0 spiro atoms. The maximum atomic E-state index is 14.0. The first-order valence-electron chi connectivity index (χ1n) is 11.6. The second kappa shape index (κ2) is 10.4. The summed E-state index contributed by atoms with van der Waals surface area (Å²) in [6.07, 6.45) is -3.26. The van der Waals surface area contributed by atoms with Crippen LogP contribution < -0.4 is 14.2 Å². The van der Waals surface area contributed by atoms with Gasteiger partial charge in [-0.15, -0.1) is 11.3 Å².